The Morgan fingerprint density at radius 1 is 1.47 bits per heavy atom. The molecule has 0 spiro atoms. The second kappa shape index (κ2) is 6.41. The van der Waals surface area contributed by atoms with Gasteiger partial charge in [-0.15, -0.1) is 0 Å². The van der Waals surface area contributed by atoms with E-state index in [0.29, 0.717) is 0 Å². The molecule has 1 fully saturated rings. The summed E-state index contributed by atoms with van der Waals surface area (Å²) in [6.07, 6.45) is 2.71. The molecular weight excluding hydrogens is 278 g/mol. The van der Waals surface area contributed by atoms with Gasteiger partial charge in [-0.3, -0.25) is 4.90 Å². The van der Waals surface area contributed by atoms with Crippen molar-refractivity contribution in [3.63, 3.8) is 0 Å². The van der Waals surface area contributed by atoms with E-state index in [1.807, 2.05) is 24.3 Å². The SMILES string of the molecule is CC1CCCN(CCOc2cccc(Br)c2)C1. The van der Waals surface area contributed by atoms with Gasteiger partial charge >= 0.3 is 0 Å². The van der Waals surface area contributed by atoms with E-state index in [9.17, 15) is 0 Å². The Hall–Kier alpha value is -0.540. The van der Waals surface area contributed by atoms with Crippen LogP contribution in [-0.4, -0.2) is 31.1 Å². The average Bonchev–Trinajstić information content (AvgIpc) is 2.29. The number of hydrogen-bond acceptors (Lipinski definition) is 2. The number of rotatable bonds is 4. The van der Waals surface area contributed by atoms with Crippen LogP contribution in [0.2, 0.25) is 0 Å². The van der Waals surface area contributed by atoms with Gasteiger partial charge in [0.15, 0.2) is 0 Å². The van der Waals surface area contributed by atoms with E-state index in [1.165, 1.54) is 25.9 Å². The van der Waals surface area contributed by atoms with Crippen LogP contribution in [0.25, 0.3) is 0 Å². The van der Waals surface area contributed by atoms with Crippen molar-refractivity contribution in [3.05, 3.63) is 28.7 Å². The fourth-order valence-corrected chi connectivity index (χ4v) is 2.72. The summed E-state index contributed by atoms with van der Waals surface area (Å²) in [5.41, 5.74) is 0. The quantitative estimate of drug-likeness (QED) is 0.842. The number of benzene rings is 1. The van der Waals surface area contributed by atoms with Gasteiger partial charge in [0.2, 0.25) is 0 Å². The van der Waals surface area contributed by atoms with Crippen molar-refractivity contribution in [2.45, 2.75) is 19.8 Å². The lowest BCUT2D eigenvalue weighted by Gasteiger charge is -2.30. The minimum Gasteiger partial charge on any atom is -0.492 e. The van der Waals surface area contributed by atoms with Crippen LogP contribution in [0.1, 0.15) is 19.8 Å². The summed E-state index contributed by atoms with van der Waals surface area (Å²) in [7, 11) is 0. The smallest absolute Gasteiger partial charge is 0.120 e. The highest BCUT2D eigenvalue weighted by Gasteiger charge is 2.15. The summed E-state index contributed by atoms with van der Waals surface area (Å²) in [5.74, 6) is 1.79. The molecule has 2 rings (SSSR count). The maximum absolute atomic E-state index is 5.75. The molecule has 17 heavy (non-hydrogen) atoms. The molecule has 3 heteroatoms. The van der Waals surface area contributed by atoms with Crippen LogP contribution in [0.3, 0.4) is 0 Å². The van der Waals surface area contributed by atoms with E-state index in [2.05, 4.69) is 27.8 Å². The summed E-state index contributed by atoms with van der Waals surface area (Å²) in [4.78, 5) is 2.51. The van der Waals surface area contributed by atoms with Crippen LogP contribution in [0, 0.1) is 5.92 Å². The Morgan fingerprint density at radius 3 is 3.12 bits per heavy atom. The van der Waals surface area contributed by atoms with E-state index in [1.54, 1.807) is 0 Å². The molecule has 0 aliphatic carbocycles. The molecule has 1 heterocycles. The van der Waals surface area contributed by atoms with Gasteiger partial charge in [-0.2, -0.15) is 0 Å². The molecule has 0 radical (unpaired) electrons. The fraction of sp³-hybridized carbons (Fsp3) is 0.571. The summed E-state index contributed by atoms with van der Waals surface area (Å²) >= 11 is 3.45. The predicted octanol–water partition coefficient (Wildman–Crippen LogP) is 3.56. The first-order valence-electron chi connectivity index (χ1n) is 6.35. The van der Waals surface area contributed by atoms with Crippen molar-refractivity contribution in [2.24, 2.45) is 5.92 Å². The molecular formula is C14H20BrNO. The third-order valence-electron chi connectivity index (χ3n) is 3.21. The monoisotopic (exact) mass is 297 g/mol. The molecule has 1 unspecified atom stereocenters. The Kier molecular flexibility index (Phi) is 4.86. The zero-order valence-corrected chi connectivity index (χ0v) is 11.9. The first kappa shape index (κ1) is 12.9. The topological polar surface area (TPSA) is 12.5 Å². The summed E-state index contributed by atoms with van der Waals surface area (Å²) in [6.45, 7) is 6.61. The van der Waals surface area contributed by atoms with Gasteiger partial charge < -0.3 is 4.74 Å². The van der Waals surface area contributed by atoms with Crippen molar-refractivity contribution in [3.8, 4) is 5.75 Å². The minimum atomic E-state index is 0.781. The van der Waals surface area contributed by atoms with E-state index in [4.69, 9.17) is 4.74 Å². The van der Waals surface area contributed by atoms with Gasteiger partial charge in [0.05, 0.1) is 0 Å². The summed E-state index contributed by atoms with van der Waals surface area (Å²) < 4.78 is 6.82. The van der Waals surface area contributed by atoms with Gasteiger partial charge in [0.1, 0.15) is 12.4 Å². The van der Waals surface area contributed by atoms with Crippen LogP contribution < -0.4 is 4.74 Å². The molecule has 1 saturated heterocycles. The molecule has 1 aliphatic rings. The summed E-state index contributed by atoms with van der Waals surface area (Å²) in [5, 5.41) is 0. The van der Waals surface area contributed by atoms with Gasteiger partial charge in [-0.25, -0.2) is 0 Å². The zero-order chi connectivity index (χ0) is 12.1. The Balaban J connectivity index is 1.72. The predicted molar refractivity (Wildman–Crippen MR) is 74.5 cm³/mol. The maximum atomic E-state index is 5.75. The highest BCUT2D eigenvalue weighted by molar-refractivity contribution is 9.10. The van der Waals surface area contributed by atoms with Crippen LogP contribution in [0.4, 0.5) is 0 Å². The van der Waals surface area contributed by atoms with Crippen LogP contribution in [0.5, 0.6) is 5.75 Å². The maximum Gasteiger partial charge on any atom is 0.120 e. The lowest BCUT2D eigenvalue weighted by molar-refractivity contribution is 0.153. The third kappa shape index (κ3) is 4.32. The molecule has 0 N–H and O–H groups in total. The van der Waals surface area contributed by atoms with E-state index in [0.717, 1.165) is 29.3 Å². The summed E-state index contributed by atoms with van der Waals surface area (Å²) in [6, 6.07) is 8.03. The molecule has 2 nitrogen and oxygen atoms in total. The third-order valence-corrected chi connectivity index (χ3v) is 3.71. The minimum absolute atomic E-state index is 0.781. The molecule has 94 valence electrons. The standard InChI is InChI=1S/C14H20BrNO/c1-12-4-3-7-16(11-12)8-9-17-14-6-2-5-13(15)10-14/h2,5-6,10,12H,3-4,7-9,11H2,1H3. The Bertz CT molecular complexity index is 356. The van der Waals surface area contributed by atoms with Crippen molar-refractivity contribution in [1.29, 1.82) is 0 Å². The van der Waals surface area contributed by atoms with Crippen molar-refractivity contribution in [1.82, 2.24) is 4.90 Å². The molecule has 1 aliphatic heterocycles. The largest absolute Gasteiger partial charge is 0.492 e. The van der Waals surface area contributed by atoms with E-state index >= 15 is 0 Å². The Labute approximate surface area is 112 Å². The number of nitrogens with zero attached hydrogens (tertiary/aromatic N) is 1. The second-order valence-corrected chi connectivity index (χ2v) is 5.77. The van der Waals surface area contributed by atoms with Gasteiger partial charge in [0.25, 0.3) is 0 Å². The van der Waals surface area contributed by atoms with Crippen LogP contribution in [-0.2, 0) is 0 Å². The number of likely N-dealkylation sites (tertiary alicyclic amines) is 1. The zero-order valence-electron chi connectivity index (χ0n) is 10.4. The number of halogens is 1. The first-order chi connectivity index (χ1) is 8.24. The van der Waals surface area contributed by atoms with E-state index in [-0.39, 0.29) is 0 Å². The molecule has 0 amide bonds. The van der Waals surface area contributed by atoms with Crippen LogP contribution in [0.15, 0.2) is 28.7 Å². The van der Waals surface area contributed by atoms with Crippen molar-refractivity contribution >= 4 is 15.9 Å². The van der Waals surface area contributed by atoms with Crippen molar-refractivity contribution < 1.29 is 4.74 Å². The first-order valence-corrected chi connectivity index (χ1v) is 7.14. The highest BCUT2D eigenvalue weighted by atomic mass is 79.9. The van der Waals surface area contributed by atoms with Crippen LogP contribution >= 0.6 is 15.9 Å². The second-order valence-electron chi connectivity index (χ2n) is 4.85. The average molecular weight is 298 g/mol. The molecule has 1 aromatic rings. The van der Waals surface area contributed by atoms with E-state index < -0.39 is 0 Å². The number of hydrogen-bond donors (Lipinski definition) is 0. The number of piperidine rings is 1. The molecule has 0 saturated carbocycles. The van der Waals surface area contributed by atoms with Crippen molar-refractivity contribution in [2.75, 3.05) is 26.2 Å². The van der Waals surface area contributed by atoms with Gasteiger partial charge in [-0.1, -0.05) is 28.9 Å². The molecule has 1 aromatic carbocycles. The lowest BCUT2D eigenvalue weighted by Crippen LogP contribution is -2.37. The molecule has 1 atom stereocenters. The van der Waals surface area contributed by atoms with Gasteiger partial charge in [-0.05, 0) is 43.5 Å². The highest BCUT2D eigenvalue weighted by Crippen LogP contribution is 2.18. The fourth-order valence-electron chi connectivity index (χ4n) is 2.34. The lowest BCUT2D eigenvalue weighted by atomic mass is 10.0. The number of ether oxygens (including phenoxy) is 1. The normalized spacial score (nSPS) is 21.4. The Morgan fingerprint density at radius 2 is 2.35 bits per heavy atom. The molecule has 0 bridgehead atoms. The molecule has 0 aromatic heterocycles. The van der Waals surface area contributed by atoms with Gasteiger partial charge in [0, 0.05) is 17.6 Å².